The minimum absolute atomic E-state index is 0.0564. The molecule has 0 radical (unpaired) electrons. The lowest BCUT2D eigenvalue weighted by atomic mass is 9.92. The summed E-state index contributed by atoms with van der Waals surface area (Å²) in [6.07, 6.45) is -4.00. The number of benzene rings is 4. The van der Waals surface area contributed by atoms with Crippen molar-refractivity contribution in [1.29, 1.82) is 0 Å². The van der Waals surface area contributed by atoms with Crippen LogP contribution in [-0.4, -0.2) is 23.5 Å². The summed E-state index contributed by atoms with van der Waals surface area (Å²) in [6, 6.07) is 25.9. The van der Waals surface area contributed by atoms with Gasteiger partial charge >= 0.3 is 12.1 Å². The van der Waals surface area contributed by atoms with Gasteiger partial charge in [-0.3, -0.25) is 9.59 Å². The Morgan fingerprint density at radius 2 is 1.62 bits per heavy atom. The third-order valence-corrected chi connectivity index (χ3v) is 7.24. The van der Waals surface area contributed by atoms with E-state index in [4.69, 9.17) is 4.74 Å². The Balaban J connectivity index is 1.30. The zero-order valence-corrected chi connectivity index (χ0v) is 22.5. The summed E-state index contributed by atoms with van der Waals surface area (Å²) in [6.45, 7) is 0.618. The fourth-order valence-corrected chi connectivity index (χ4v) is 5.03. The van der Waals surface area contributed by atoms with Crippen LogP contribution in [0.4, 0.5) is 13.2 Å². The normalized spacial score (nSPS) is 15.4. The molecule has 2 unspecified atom stereocenters. The van der Waals surface area contributed by atoms with Crippen molar-refractivity contribution in [2.24, 2.45) is 0 Å². The van der Waals surface area contributed by atoms with E-state index in [2.05, 4.69) is 10.6 Å². The van der Waals surface area contributed by atoms with E-state index in [0.717, 1.165) is 28.8 Å². The first-order valence-corrected chi connectivity index (χ1v) is 13.5. The molecule has 0 bridgehead atoms. The average molecular weight is 575 g/mol. The van der Waals surface area contributed by atoms with Gasteiger partial charge in [0.1, 0.15) is 18.4 Å². The third-order valence-electron chi connectivity index (χ3n) is 7.24. The number of carbonyl (C=O) groups excluding carboxylic acids is 1. The number of carboxylic acid groups (broad SMARTS) is 1. The van der Waals surface area contributed by atoms with Crippen LogP contribution >= 0.6 is 0 Å². The maximum Gasteiger partial charge on any atom is 0.416 e. The van der Waals surface area contributed by atoms with Crippen molar-refractivity contribution in [3.63, 3.8) is 0 Å². The molecule has 6 nitrogen and oxygen atoms in total. The van der Waals surface area contributed by atoms with Gasteiger partial charge in [0.2, 0.25) is 5.91 Å². The summed E-state index contributed by atoms with van der Waals surface area (Å²) in [5, 5.41) is 15.7. The summed E-state index contributed by atoms with van der Waals surface area (Å²) in [7, 11) is 0. The Labute approximate surface area is 241 Å². The molecule has 216 valence electrons. The molecule has 1 heterocycles. The standard InChI is InChI=1S/C33H29F3N2O4/c34-33(35,36)26-13-6-21(7-14-26)20-42-27-15-12-24-16-17-37-31(28(24)18-27)32(41)38-29(19-30(39)40)25-10-8-23(9-11-25)22-4-2-1-3-5-22/h1-15,18,29,31,37H,16-17,19-20H2,(H,38,41)(H,39,40). The Bertz CT molecular complexity index is 1540. The van der Waals surface area contributed by atoms with E-state index in [9.17, 15) is 27.9 Å². The number of hydrogen-bond donors (Lipinski definition) is 3. The molecular formula is C33H29F3N2O4. The van der Waals surface area contributed by atoms with Crippen LogP contribution < -0.4 is 15.4 Å². The lowest BCUT2D eigenvalue weighted by Crippen LogP contribution is -2.43. The van der Waals surface area contributed by atoms with Gasteiger partial charge in [-0.1, -0.05) is 72.8 Å². The first-order chi connectivity index (χ1) is 20.2. The Hall–Kier alpha value is -4.63. The summed E-state index contributed by atoms with van der Waals surface area (Å²) >= 11 is 0. The predicted molar refractivity (Wildman–Crippen MR) is 152 cm³/mol. The molecule has 4 aromatic carbocycles. The van der Waals surface area contributed by atoms with E-state index >= 15 is 0 Å². The second-order valence-corrected chi connectivity index (χ2v) is 10.1. The molecule has 5 rings (SSSR count). The molecule has 3 N–H and O–H groups in total. The van der Waals surface area contributed by atoms with Crippen LogP contribution in [0.2, 0.25) is 0 Å². The van der Waals surface area contributed by atoms with Crippen molar-refractivity contribution < 1.29 is 32.6 Å². The topological polar surface area (TPSA) is 87.7 Å². The van der Waals surface area contributed by atoms with Crippen LogP contribution in [0.1, 0.15) is 46.3 Å². The number of fused-ring (bicyclic) bond motifs is 1. The van der Waals surface area contributed by atoms with E-state index < -0.39 is 29.8 Å². The van der Waals surface area contributed by atoms with E-state index in [-0.39, 0.29) is 18.9 Å². The van der Waals surface area contributed by atoms with Crippen LogP contribution in [0.25, 0.3) is 11.1 Å². The smallest absolute Gasteiger partial charge is 0.416 e. The van der Waals surface area contributed by atoms with Crippen LogP contribution in [0.5, 0.6) is 5.75 Å². The zero-order chi connectivity index (χ0) is 29.7. The maximum atomic E-state index is 13.5. The highest BCUT2D eigenvalue weighted by molar-refractivity contribution is 5.85. The maximum absolute atomic E-state index is 13.5. The number of amides is 1. The molecule has 9 heteroatoms. The van der Waals surface area contributed by atoms with E-state index in [0.29, 0.717) is 35.4 Å². The van der Waals surface area contributed by atoms with Gasteiger partial charge in [0.15, 0.2) is 0 Å². The molecule has 2 atom stereocenters. The molecule has 0 aromatic heterocycles. The average Bonchev–Trinajstić information content (AvgIpc) is 2.99. The minimum atomic E-state index is -4.41. The van der Waals surface area contributed by atoms with Crippen LogP contribution in [0.3, 0.4) is 0 Å². The van der Waals surface area contributed by atoms with Gasteiger partial charge in [0.05, 0.1) is 18.0 Å². The number of alkyl halides is 3. The SMILES string of the molecule is O=C(O)CC(NC(=O)C1NCCc2ccc(OCc3ccc(C(F)(F)F)cc3)cc21)c1ccc(-c2ccccc2)cc1. The van der Waals surface area contributed by atoms with Crippen molar-refractivity contribution in [3.8, 4) is 16.9 Å². The zero-order valence-electron chi connectivity index (χ0n) is 22.5. The number of nitrogens with one attached hydrogen (secondary N) is 2. The minimum Gasteiger partial charge on any atom is -0.489 e. The van der Waals surface area contributed by atoms with Gasteiger partial charge in [-0.05, 0) is 64.1 Å². The molecule has 0 saturated carbocycles. The summed E-state index contributed by atoms with van der Waals surface area (Å²) < 4.78 is 44.4. The van der Waals surface area contributed by atoms with Gasteiger partial charge in [0, 0.05) is 6.54 Å². The number of carbonyl (C=O) groups is 2. The van der Waals surface area contributed by atoms with Gasteiger partial charge in [-0.15, -0.1) is 0 Å². The van der Waals surface area contributed by atoms with E-state index in [1.807, 2.05) is 60.7 Å². The van der Waals surface area contributed by atoms with E-state index in [1.54, 1.807) is 12.1 Å². The van der Waals surface area contributed by atoms with E-state index in [1.165, 1.54) is 12.1 Å². The molecule has 4 aromatic rings. The summed E-state index contributed by atoms with van der Waals surface area (Å²) in [5.41, 5.74) is 4.19. The fraction of sp³-hybridized carbons (Fsp3) is 0.212. The van der Waals surface area contributed by atoms with Gasteiger partial charge in [0.25, 0.3) is 0 Å². The molecule has 1 aliphatic heterocycles. The molecule has 0 saturated heterocycles. The van der Waals surface area contributed by atoms with Crippen molar-refractivity contribution in [2.45, 2.75) is 37.7 Å². The first-order valence-electron chi connectivity index (χ1n) is 13.5. The molecule has 0 fully saturated rings. The van der Waals surface area contributed by atoms with Crippen molar-refractivity contribution in [1.82, 2.24) is 10.6 Å². The molecule has 1 aliphatic rings. The molecule has 1 amide bonds. The second kappa shape index (κ2) is 12.5. The number of carboxylic acids is 1. The second-order valence-electron chi connectivity index (χ2n) is 10.1. The highest BCUT2D eigenvalue weighted by atomic mass is 19.4. The Morgan fingerprint density at radius 3 is 2.29 bits per heavy atom. The van der Waals surface area contributed by atoms with Gasteiger partial charge < -0.3 is 20.5 Å². The largest absolute Gasteiger partial charge is 0.489 e. The summed E-state index contributed by atoms with van der Waals surface area (Å²) in [4.78, 5) is 25.2. The highest BCUT2D eigenvalue weighted by Crippen LogP contribution is 2.31. The monoisotopic (exact) mass is 574 g/mol. The van der Waals surface area contributed by atoms with Gasteiger partial charge in [-0.2, -0.15) is 13.2 Å². The summed E-state index contributed by atoms with van der Waals surface area (Å²) in [5.74, 6) is -0.939. The first kappa shape index (κ1) is 28.9. The number of rotatable bonds is 9. The van der Waals surface area contributed by atoms with Crippen LogP contribution in [-0.2, 0) is 28.8 Å². The van der Waals surface area contributed by atoms with Crippen LogP contribution in [0.15, 0.2) is 97.1 Å². The number of halogens is 3. The van der Waals surface area contributed by atoms with Crippen LogP contribution in [0, 0.1) is 0 Å². The Morgan fingerprint density at radius 1 is 0.929 bits per heavy atom. The molecular weight excluding hydrogens is 545 g/mol. The fourth-order valence-electron chi connectivity index (χ4n) is 5.03. The number of aliphatic carboxylic acids is 1. The lowest BCUT2D eigenvalue weighted by Gasteiger charge is -2.28. The van der Waals surface area contributed by atoms with Crippen molar-refractivity contribution in [2.75, 3.05) is 6.54 Å². The Kier molecular flexibility index (Phi) is 8.59. The molecule has 0 aliphatic carbocycles. The number of hydrogen-bond acceptors (Lipinski definition) is 4. The van der Waals surface area contributed by atoms with Gasteiger partial charge in [-0.25, -0.2) is 0 Å². The highest BCUT2D eigenvalue weighted by Gasteiger charge is 2.31. The molecule has 0 spiro atoms. The number of ether oxygens (including phenoxy) is 1. The predicted octanol–water partition coefficient (Wildman–Crippen LogP) is 6.47. The quantitative estimate of drug-likeness (QED) is 0.213. The van der Waals surface area contributed by atoms with Crippen molar-refractivity contribution >= 4 is 11.9 Å². The molecule has 42 heavy (non-hydrogen) atoms. The lowest BCUT2D eigenvalue weighted by molar-refractivity contribution is -0.138. The van der Waals surface area contributed by atoms with Crippen molar-refractivity contribution in [3.05, 3.63) is 125 Å². The third kappa shape index (κ3) is 6.98.